The van der Waals surface area contributed by atoms with Gasteiger partial charge < -0.3 is 15.2 Å². The van der Waals surface area contributed by atoms with Crippen LogP contribution in [-0.4, -0.2) is 35.2 Å². The summed E-state index contributed by atoms with van der Waals surface area (Å²) in [6, 6.07) is 8.95. The van der Waals surface area contributed by atoms with Crippen LogP contribution in [0.25, 0.3) is 11.4 Å². The van der Waals surface area contributed by atoms with Crippen molar-refractivity contribution in [2.45, 2.75) is 12.6 Å². The van der Waals surface area contributed by atoms with Gasteiger partial charge in [0.1, 0.15) is 5.82 Å². The highest BCUT2D eigenvalue weighted by molar-refractivity contribution is 6.05. The molecule has 2 N–H and O–H groups in total. The fraction of sp³-hybridized carbons (Fsp3) is 0.200. The molecule has 0 unspecified atom stereocenters. The Balaban J connectivity index is 1.55. The lowest BCUT2D eigenvalue weighted by atomic mass is 10.1. The van der Waals surface area contributed by atoms with Crippen molar-refractivity contribution in [3.63, 3.8) is 0 Å². The molecule has 4 rings (SSSR count). The van der Waals surface area contributed by atoms with Crippen molar-refractivity contribution < 1.29 is 31.7 Å². The van der Waals surface area contributed by atoms with Gasteiger partial charge in [-0.2, -0.15) is 18.2 Å². The number of hydrogen-bond acceptors (Lipinski definition) is 5. The average Bonchev–Trinajstić information content (AvgIpc) is 3.27. The summed E-state index contributed by atoms with van der Waals surface area (Å²) in [5.41, 5.74) is 0.485. The molecule has 2 aromatic carbocycles. The summed E-state index contributed by atoms with van der Waals surface area (Å²) in [7, 11) is 0. The maximum Gasteiger partial charge on any atom is 0.471 e. The van der Waals surface area contributed by atoms with Gasteiger partial charge in [-0.1, -0.05) is 17.3 Å². The zero-order valence-electron chi connectivity index (χ0n) is 16.2. The number of alkyl halides is 3. The number of halogens is 4. The van der Waals surface area contributed by atoms with Gasteiger partial charge in [0.2, 0.25) is 5.82 Å². The van der Waals surface area contributed by atoms with E-state index < -0.39 is 29.8 Å². The number of nitrogens with one attached hydrogen (secondary N) is 2. The zero-order valence-corrected chi connectivity index (χ0v) is 16.2. The van der Waals surface area contributed by atoms with Gasteiger partial charge in [-0.3, -0.25) is 9.69 Å². The number of benzene rings is 2. The molecule has 8 nitrogen and oxygen atoms in total. The van der Waals surface area contributed by atoms with Crippen LogP contribution in [0.2, 0.25) is 0 Å². The standard InChI is InChI=1S/C20H15F4N5O3/c21-14-6-5-13(10-15(14)29-8-2-7-25-19(29)31)26-17(30)12-4-1-3-11(9-12)16-27-18(32-28-16)20(22,23)24/h1,3-6,9-10H,2,7-8H2,(H,25,31)(H,26,30). The third-order valence-corrected chi connectivity index (χ3v) is 4.63. The molecule has 0 radical (unpaired) electrons. The lowest BCUT2D eigenvalue weighted by Gasteiger charge is -2.28. The number of urea groups is 1. The van der Waals surface area contributed by atoms with Crippen molar-refractivity contribution >= 4 is 23.3 Å². The Morgan fingerprint density at radius 1 is 1.19 bits per heavy atom. The number of anilines is 2. The molecule has 3 amide bonds. The predicted octanol–water partition coefficient (Wildman–Crippen LogP) is 4.07. The van der Waals surface area contributed by atoms with Gasteiger partial charge in [0.15, 0.2) is 0 Å². The molecule has 1 saturated heterocycles. The number of carbonyl (C=O) groups is 2. The minimum absolute atomic E-state index is 0.0141. The van der Waals surface area contributed by atoms with E-state index in [9.17, 15) is 27.2 Å². The number of carbonyl (C=O) groups excluding carboxylic acids is 2. The van der Waals surface area contributed by atoms with E-state index in [1.54, 1.807) is 0 Å². The number of amides is 3. The first kappa shape index (κ1) is 21.3. The quantitative estimate of drug-likeness (QED) is 0.585. The van der Waals surface area contributed by atoms with E-state index in [-0.39, 0.29) is 28.3 Å². The van der Waals surface area contributed by atoms with Gasteiger partial charge in [-0.05, 0) is 36.8 Å². The van der Waals surface area contributed by atoms with Crippen LogP contribution in [-0.2, 0) is 6.18 Å². The Bertz CT molecular complexity index is 1180. The van der Waals surface area contributed by atoms with Gasteiger partial charge in [0.05, 0.1) is 5.69 Å². The van der Waals surface area contributed by atoms with E-state index in [1.165, 1.54) is 41.3 Å². The molecule has 0 saturated carbocycles. The molecular weight excluding hydrogens is 434 g/mol. The first-order valence-electron chi connectivity index (χ1n) is 9.40. The topological polar surface area (TPSA) is 100 Å². The van der Waals surface area contributed by atoms with Crippen LogP contribution in [0.5, 0.6) is 0 Å². The van der Waals surface area contributed by atoms with E-state index in [2.05, 4.69) is 25.3 Å². The molecule has 1 aromatic heterocycles. The van der Waals surface area contributed by atoms with Crippen LogP contribution in [0.4, 0.5) is 33.7 Å². The van der Waals surface area contributed by atoms with E-state index in [0.29, 0.717) is 19.5 Å². The van der Waals surface area contributed by atoms with Crippen LogP contribution in [0.1, 0.15) is 22.7 Å². The highest BCUT2D eigenvalue weighted by Crippen LogP contribution is 2.30. The van der Waals surface area contributed by atoms with Crippen molar-refractivity contribution in [1.82, 2.24) is 15.5 Å². The van der Waals surface area contributed by atoms with Gasteiger partial charge in [-0.15, -0.1) is 0 Å². The molecule has 166 valence electrons. The van der Waals surface area contributed by atoms with E-state index in [4.69, 9.17) is 0 Å². The first-order valence-corrected chi connectivity index (χ1v) is 9.40. The highest BCUT2D eigenvalue weighted by atomic mass is 19.4. The summed E-state index contributed by atoms with van der Waals surface area (Å²) in [6.45, 7) is 0.821. The predicted molar refractivity (Wildman–Crippen MR) is 104 cm³/mol. The smallest absolute Gasteiger partial charge is 0.338 e. The molecule has 1 fully saturated rings. The summed E-state index contributed by atoms with van der Waals surface area (Å²) in [5, 5.41) is 8.49. The third kappa shape index (κ3) is 4.38. The summed E-state index contributed by atoms with van der Waals surface area (Å²) in [5.74, 6) is -3.05. The van der Waals surface area contributed by atoms with E-state index in [1.807, 2.05) is 0 Å². The second-order valence-electron chi connectivity index (χ2n) is 6.86. The second kappa shape index (κ2) is 8.29. The SMILES string of the molecule is O=C(Nc1ccc(F)c(N2CCCNC2=O)c1)c1cccc(-c2noc(C(F)(F)F)n2)c1. The number of nitrogens with zero attached hydrogens (tertiary/aromatic N) is 3. The molecule has 3 aromatic rings. The van der Waals surface area contributed by atoms with Crippen LogP contribution in [0.15, 0.2) is 47.0 Å². The van der Waals surface area contributed by atoms with Gasteiger partial charge in [0.25, 0.3) is 5.91 Å². The summed E-state index contributed by atoms with van der Waals surface area (Å²) >= 11 is 0. The maximum absolute atomic E-state index is 14.3. The molecule has 0 atom stereocenters. The maximum atomic E-state index is 14.3. The van der Waals surface area contributed by atoms with Crippen molar-refractivity contribution in [1.29, 1.82) is 0 Å². The van der Waals surface area contributed by atoms with Gasteiger partial charge >= 0.3 is 18.1 Å². The number of aromatic nitrogens is 2. The normalized spacial score (nSPS) is 14.2. The Kier molecular flexibility index (Phi) is 5.51. The molecule has 2 heterocycles. The molecular formula is C20H15F4N5O3. The molecule has 0 aliphatic carbocycles. The Morgan fingerprint density at radius 3 is 2.72 bits per heavy atom. The summed E-state index contributed by atoms with van der Waals surface area (Å²) in [6.07, 6.45) is -4.15. The number of hydrogen-bond donors (Lipinski definition) is 2. The lowest BCUT2D eigenvalue weighted by molar-refractivity contribution is -0.159. The molecule has 12 heteroatoms. The zero-order chi connectivity index (χ0) is 22.9. The van der Waals surface area contributed by atoms with Crippen molar-refractivity contribution in [2.24, 2.45) is 0 Å². The number of rotatable bonds is 4. The van der Waals surface area contributed by atoms with Crippen molar-refractivity contribution in [3.05, 3.63) is 59.7 Å². The summed E-state index contributed by atoms with van der Waals surface area (Å²) < 4.78 is 56.5. The van der Waals surface area contributed by atoms with Crippen molar-refractivity contribution in [3.8, 4) is 11.4 Å². The summed E-state index contributed by atoms with van der Waals surface area (Å²) in [4.78, 5) is 29.2. The molecule has 0 spiro atoms. The van der Waals surface area contributed by atoms with Crippen molar-refractivity contribution in [2.75, 3.05) is 23.3 Å². The van der Waals surface area contributed by atoms with E-state index in [0.717, 1.165) is 6.07 Å². The van der Waals surface area contributed by atoms with Crippen LogP contribution in [0, 0.1) is 5.82 Å². The molecule has 1 aliphatic rings. The molecule has 1 aliphatic heterocycles. The second-order valence-corrected chi connectivity index (χ2v) is 6.86. The minimum atomic E-state index is -4.79. The fourth-order valence-corrected chi connectivity index (χ4v) is 3.12. The van der Waals surface area contributed by atoms with Crippen LogP contribution in [0.3, 0.4) is 0 Å². The van der Waals surface area contributed by atoms with Crippen LogP contribution >= 0.6 is 0 Å². The molecule has 0 bridgehead atoms. The Morgan fingerprint density at radius 2 is 2.00 bits per heavy atom. The average molecular weight is 449 g/mol. The van der Waals surface area contributed by atoms with E-state index >= 15 is 0 Å². The lowest BCUT2D eigenvalue weighted by Crippen LogP contribution is -2.46. The van der Waals surface area contributed by atoms with Gasteiger partial charge in [-0.25, -0.2) is 9.18 Å². The Hall–Kier alpha value is -3.96. The first-order chi connectivity index (χ1) is 15.2. The highest BCUT2D eigenvalue weighted by Gasteiger charge is 2.38. The monoisotopic (exact) mass is 449 g/mol. The van der Waals surface area contributed by atoms with Gasteiger partial charge in [0, 0.05) is 29.9 Å². The molecule has 32 heavy (non-hydrogen) atoms. The largest absolute Gasteiger partial charge is 0.471 e. The fourth-order valence-electron chi connectivity index (χ4n) is 3.12. The minimum Gasteiger partial charge on any atom is -0.338 e. The third-order valence-electron chi connectivity index (χ3n) is 4.63. The Labute approximate surface area is 178 Å². The van der Waals surface area contributed by atoms with Crippen LogP contribution < -0.4 is 15.5 Å².